The third kappa shape index (κ3) is 3.73. The van der Waals surface area contributed by atoms with Crippen LogP contribution in [0.2, 0.25) is 0 Å². The normalized spacial score (nSPS) is 26.2. The highest BCUT2D eigenvalue weighted by atomic mass is 32.2. The Morgan fingerprint density at radius 3 is 2.56 bits per heavy atom. The van der Waals surface area contributed by atoms with Crippen molar-refractivity contribution in [3.05, 3.63) is 52.4 Å². The number of sulfonamides is 1. The maximum atomic E-state index is 13.5. The molecule has 2 aromatic rings. The minimum atomic E-state index is -3.82. The second-order valence-corrected chi connectivity index (χ2v) is 11.4. The molecule has 1 amide bonds. The van der Waals surface area contributed by atoms with E-state index in [9.17, 15) is 23.1 Å². The van der Waals surface area contributed by atoms with Gasteiger partial charge in [0.05, 0.1) is 25.0 Å². The van der Waals surface area contributed by atoms with E-state index in [1.165, 1.54) is 4.31 Å². The van der Waals surface area contributed by atoms with Crippen molar-refractivity contribution in [3.8, 4) is 16.9 Å². The Bertz CT molecular complexity index is 1290. The Morgan fingerprint density at radius 2 is 1.91 bits per heavy atom. The van der Waals surface area contributed by atoms with E-state index in [1.54, 1.807) is 35.9 Å². The monoisotopic (exact) mass is 487 g/mol. The molecule has 2 N–H and O–H groups in total. The van der Waals surface area contributed by atoms with E-state index in [0.29, 0.717) is 35.0 Å². The summed E-state index contributed by atoms with van der Waals surface area (Å²) in [7, 11) is -2.28. The summed E-state index contributed by atoms with van der Waals surface area (Å²) >= 11 is 0. The molecule has 0 bridgehead atoms. The Labute approximate surface area is 198 Å². The van der Waals surface area contributed by atoms with Gasteiger partial charge in [0, 0.05) is 42.8 Å². The molecule has 1 aromatic carbocycles. The highest BCUT2D eigenvalue weighted by molar-refractivity contribution is 7.88. The summed E-state index contributed by atoms with van der Waals surface area (Å²) in [4.78, 5) is 26.6. The second-order valence-electron chi connectivity index (χ2n) is 9.47. The van der Waals surface area contributed by atoms with Crippen LogP contribution in [0.25, 0.3) is 11.1 Å². The molecule has 0 unspecified atom stereocenters. The van der Waals surface area contributed by atoms with E-state index in [1.807, 2.05) is 12.1 Å². The molecule has 0 spiro atoms. The van der Waals surface area contributed by atoms with Crippen molar-refractivity contribution in [2.24, 2.45) is 17.8 Å². The minimum Gasteiger partial charge on any atom is -0.496 e. The van der Waals surface area contributed by atoms with Gasteiger partial charge in [-0.1, -0.05) is 18.2 Å². The third-order valence-electron chi connectivity index (χ3n) is 7.34. The number of pyridine rings is 1. The maximum absolute atomic E-state index is 13.5. The Kier molecular flexibility index (Phi) is 5.78. The quantitative estimate of drug-likeness (QED) is 0.601. The number of carbonyl (C=O) groups excluding carboxylic acids is 1. The van der Waals surface area contributed by atoms with Crippen LogP contribution in [0, 0.1) is 17.8 Å². The number of carbonyl (C=O) groups is 1. The van der Waals surface area contributed by atoms with Crippen molar-refractivity contribution in [2.75, 3.05) is 26.5 Å². The van der Waals surface area contributed by atoms with Crippen molar-refractivity contribution < 1.29 is 23.1 Å². The van der Waals surface area contributed by atoms with Gasteiger partial charge in [-0.3, -0.25) is 9.59 Å². The number of aromatic nitrogens is 1. The van der Waals surface area contributed by atoms with Crippen molar-refractivity contribution in [1.82, 2.24) is 14.2 Å². The average molecular weight is 488 g/mol. The summed E-state index contributed by atoms with van der Waals surface area (Å²) in [6.07, 6.45) is 3.19. The predicted molar refractivity (Wildman–Crippen MR) is 126 cm³/mol. The van der Waals surface area contributed by atoms with Crippen LogP contribution in [0.15, 0.2) is 41.2 Å². The summed E-state index contributed by atoms with van der Waals surface area (Å²) in [5.41, 5.74) is 1.39. The van der Waals surface area contributed by atoms with Gasteiger partial charge in [0.2, 0.25) is 15.9 Å². The van der Waals surface area contributed by atoms with E-state index in [-0.39, 0.29) is 24.6 Å². The zero-order valence-electron chi connectivity index (χ0n) is 19.2. The number of hydrogen-bond donors (Lipinski definition) is 2. The number of methoxy groups -OCH3 is 1. The number of para-hydroxylation sites is 1. The highest BCUT2D eigenvalue weighted by Gasteiger charge is 2.58. The molecule has 1 aromatic heterocycles. The summed E-state index contributed by atoms with van der Waals surface area (Å²) in [5, 5.41) is 13.1. The van der Waals surface area contributed by atoms with Crippen LogP contribution in [0.5, 0.6) is 5.75 Å². The van der Waals surface area contributed by atoms with Crippen LogP contribution in [-0.4, -0.2) is 60.9 Å². The van der Waals surface area contributed by atoms with E-state index in [0.717, 1.165) is 19.1 Å². The van der Waals surface area contributed by atoms with Gasteiger partial charge in [-0.2, -0.15) is 4.31 Å². The van der Waals surface area contributed by atoms with E-state index in [4.69, 9.17) is 4.74 Å². The third-order valence-corrected chi connectivity index (χ3v) is 8.56. The van der Waals surface area contributed by atoms with Gasteiger partial charge >= 0.3 is 0 Å². The Morgan fingerprint density at radius 1 is 1.18 bits per heavy atom. The summed E-state index contributed by atoms with van der Waals surface area (Å²) in [5.74, 6) is -0.385. The molecule has 10 heteroatoms. The molecule has 2 aliphatic heterocycles. The van der Waals surface area contributed by atoms with Crippen molar-refractivity contribution >= 4 is 15.9 Å². The first-order valence-corrected chi connectivity index (χ1v) is 13.3. The van der Waals surface area contributed by atoms with E-state index < -0.39 is 33.9 Å². The summed E-state index contributed by atoms with van der Waals surface area (Å²) in [6.45, 7) is 0.390. The number of amides is 1. The molecule has 9 nitrogen and oxygen atoms in total. The Balaban J connectivity index is 1.57. The molecule has 34 heavy (non-hydrogen) atoms. The van der Waals surface area contributed by atoms with Gasteiger partial charge < -0.3 is 19.7 Å². The molecule has 182 valence electrons. The number of nitrogens with one attached hydrogen (secondary N) is 1. The molecule has 5 rings (SSSR count). The van der Waals surface area contributed by atoms with Gasteiger partial charge in [0.25, 0.3) is 5.56 Å². The fraction of sp³-hybridized carbons (Fsp3) is 0.500. The molecule has 3 heterocycles. The molecule has 3 aliphatic rings. The molecular formula is C24H29N3O6S. The smallest absolute Gasteiger partial charge is 0.258 e. The van der Waals surface area contributed by atoms with Crippen LogP contribution in [0.4, 0.5) is 0 Å². The zero-order valence-corrected chi connectivity index (χ0v) is 20.0. The zero-order chi connectivity index (χ0) is 24.2. The number of aliphatic hydroxyl groups is 1. The Hall–Kier alpha value is -2.69. The number of rotatable bonds is 7. The standard InChI is InChI=1S/C24H29N3O6S/c1-33-20-6-4-3-5-15(20)16-9-10-19-21-17(12-26(19)24(16)30)18(13-28)22(27(21)34(2,31)32)23(29)25-11-14-7-8-14/h3-6,9-10,14,17-18,21-22,28H,7-8,11-13H2,1-2H3,(H,25,29)/t17-,18-,21+,22-/m1/s1. The lowest BCUT2D eigenvalue weighted by atomic mass is 9.88. The van der Waals surface area contributed by atoms with Crippen molar-refractivity contribution in [1.29, 1.82) is 0 Å². The number of benzene rings is 1. The molecule has 0 radical (unpaired) electrons. The molecule has 1 aliphatic carbocycles. The average Bonchev–Trinajstić information content (AvgIpc) is 3.47. The van der Waals surface area contributed by atoms with Gasteiger partial charge in [0.15, 0.2) is 0 Å². The fourth-order valence-electron chi connectivity index (χ4n) is 5.56. The predicted octanol–water partition coefficient (Wildman–Crippen LogP) is 0.973. The summed E-state index contributed by atoms with van der Waals surface area (Å²) in [6, 6.07) is 8.96. The first kappa shape index (κ1) is 23.1. The molecule has 1 saturated heterocycles. The number of aliphatic hydroxyl groups excluding tert-OH is 1. The molecular weight excluding hydrogens is 458 g/mol. The van der Waals surface area contributed by atoms with Crippen molar-refractivity contribution in [2.45, 2.75) is 31.5 Å². The minimum absolute atomic E-state index is 0.228. The van der Waals surface area contributed by atoms with E-state index in [2.05, 4.69) is 5.32 Å². The highest BCUT2D eigenvalue weighted by Crippen LogP contribution is 2.50. The van der Waals surface area contributed by atoms with Crippen LogP contribution in [0.1, 0.15) is 24.6 Å². The van der Waals surface area contributed by atoms with Gasteiger partial charge in [0.1, 0.15) is 11.8 Å². The van der Waals surface area contributed by atoms with Crippen LogP contribution >= 0.6 is 0 Å². The number of ether oxygens (including phenoxy) is 1. The van der Waals surface area contributed by atoms with Crippen molar-refractivity contribution in [3.63, 3.8) is 0 Å². The fourth-order valence-corrected chi connectivity index (χ4v) is 6.90. The lowest BCUT2D eigenvalue weighted by Crippen LogP contribution is -2.50. The van der Waals surface area contributed by atoms with Gasteiger partial charge in [-0.25, -0.2) is 8.42 Å². The van der Waals surface area contributed by atoms with Gasteiger partial charge in [-0.15, -0.1) is 0 Å². The largest absolute Gasteiger partial charge is 0.496 e. The second kappa shape index (κ2) is 8.51. The topological polar surface area (TPSA) is 118 Å². The van der Waals surface area contributed by atoms with Crippen LogP contribution < -0.4 is 15.6 Å². The van der Waals surface area contributed by atoms with Crippen LogP contribution in [0.3, 0.4) is 0 Å². The SMILES string of the molecule is COc1ccccc1-c1ccc2n(c1=O)C[C@@H]1[C@@H](CO)[C@H](C(=O)NCC3CC3)N(S(C)(=O)=O)[C@H]21. The molecule has 1 saturated carbocycles. The summed E-state index contributed by atoms with van der Waals surface area (Å²) < 4.78 is 34.1. The van der Waals surface area contributed by atoms with E-state index >= 15 is 0 Å². The lowest BCUT2D eigenvalue weighted by molar-refractivity contribution is -0.126. The number of hydrogen-bond acceptors (Lipinski definition) is 6. The molecule has 4 atom stereocenters. The maximum Gasteiger partial charge on any atom is 0.258 e. The lowest BCUT2D eigenvalue weighted by Gasteiger charge is -2.28. The first-order chi connectivity index (χ1) is 16.3. The number of fused-ring (bicyclic) bond motifs is 3. The van der Waals surface area contributed by atoms with Crippen LogP contribution in [-0.2, 0) is 21.4 Å². The van der Waals surface area contributed by atoms with Gasteiger partial charge in [-0.05, 0) is 37.0 Å². The molecule has 2 fully saturated rings. The number of nitrogens with zero attached hydrogens (tertiary/aromatic N) is 2. The first-order valence-electron chi connectivity index (χ1n) is 11.5.